The average molecular weight is 231 g/mol. The summed E-state index contributed by atoms with van der Waals surface area (Å²) < 4.78 is 6.07. The van der Waals surface area contributed by atoms with Gasteiger partial charge in [0, 0.05) is 17.5 Å². The van der Waals surface area contributed by atoms with Gasteiger partial charge in [0.05, 0.1) is 6.61 Å². The first-order valence-corrected chi connectivity index (χ1v) is 6.71. The van der Waals surface area contributed by atoms with Gasteiger partial charge in [-0.05, 0) is 37.4 Å². The molecule has 1 saturated carbocycles. The number of hydrogen-bond donors (Lipinski definition) is 1. The Labute approximate surface area is 103 Å². The molecule has 92 valence electrons. The van der Waals surface area contributed by atoms with E-state index in [1.165, 1.54) is 30.4 Å². The zero-order chi connectivity index (χ0) is 11.7. The van der Waals surface area contributed by atoms with E-state index in [1.807, 2.05) is 0 Å². The number of hydrogen-bond acceptors (Lipinski definition) is 2. The predicted molar refractivity (Wildman–Crippen MR) is 69.3 cm³/mol. The van der Waals surface area contributed by atoms with E-state index in [1.54, 1.807) is 0 Å². The normalized spacial score (nSPS) is 21.5. The Balaban J connectivity index is 1.74. The van der Waals surface area contributed by atoms with Gasteiger partial charge >= 0.3 is 0 Å². The minimum atomic E-state index is 0.435. The van der Waals surface area contributed by atoms with Crippen LogP contribution in [0.5, 0.6) is 5.75 Å². The highest BCUT2D eigenvalue weighted by Crippen LogP contribution is 2.41. The van der Waals surface area contributed by atoms with E-state index in [9.17, 15) is 0 Å². The summed E-state index contributed by atoms with van der Waals surface area (Å²) in [5, 5.41) is 3.43. The summed E-state index contributed by atoms with van der Waals surface area (Å²) >= 11 is 0. The monoisotopic (exact) mass is 231 g/mol. The Morgan fingerprint density at radius 1 is 1.35 bits per heavy atom. The molecule has 0 bridgehead atoms. The third kappa shape index (κ3) is 2.19. The molecule has 0 aromatic heterocycles. The molecule has 2 heteroatoms. The zero-order valence-corrected chi connectivity index (χ0v) is 10.6. The lowest BCUT2D eigenvalue weighted by atomic mass is 9.71. The molecule has 2 aliphatic rings. The highest BCUT2D eigenvalue weighted by molar-refractivity contribution is 5.41. The molecule has 1 N–H and O–H groups in total. The standard InChI is InChI=1S/C15H21NO/c1-15(7-3-8-15)11-17-14-5-2-4-12-6-9-16-10-13(12)14/h2,4-5,16H,3,6-11H2,1H3. The van der Waals surface area contributed by atoms with Gasteiger partial charge in [0.25, 0.3) is 0 Å². The van der Waals surface area contributed by atoms with Gasteiger partial charge in [-0.3, -0.25) is 0 Å². The van der Waals surface area contributed by atoms with Gasteiger partial charge < -0.3 is 10.1 Å². The fourth-order valence-electron chi connectivity index (χ4n) is 2.79. The van der Waals surface area contributed by atoms with Gasteiger partial charge in [-0.1, -0.05) is 25.5 Å². The molecule has 0 amide bonds. The van der Waals surface area contributed by atoms with E-state index in [0.717, 1.165) is 31.9 Å². The number of nitrogens with one attached hydrogen (secondary N) is 1. The van der Waals surface area contributed by atoms with Crippen molar-refractivity contribution in [3.05, 3.63) is 29.3 Å². The molecule has 0 spiro atoms. The Bertz CT molecular complexity index is 409. The summed E-state index contributed by atoms with van der Waals surface area (Å²) in [5.41, 5.74) is 3.27. The predicted octanol–water partition coefficient (Wildman–Crippen LogP) is 2.90. The molecule has 1 aliphatic heterocycles. The molecule has 2 nitrogen and oxygen atoms in total. The van der Waals surface area contributed by atoms with Crippen molar-refractivity contribution in [2.45, 2.75) is 39.2 Å². The molecule has 0 atom stereocenters. The first-order chi connectivity index (χ1) is 8.27. The highest BCUT2D eigenvalue weighted by atomic mass is 16.5. The number of fused-ring (bicyclic) bond motifs is 1. The van der Waals surface area contributed by atoms with E-state index in [0.29, 0.717) is 5.41 Å². The summed E-state index contributed by atoms with van der Waals surface area (Å²) in [4.78, 5) is 0. The van der Waals surface area contributed by atoms with E-state index in [4.69, 9.17) is 4.74 Å². The van der Waals surface area contributed by atoms with Crippen molar-refractivity contribution in [3.63, 3.8) is 0 Å². The van der Waals surface area contributed by atoms with Crippen LogP contribution in [0.2, 0.25) is 0 Å². The summed E-state index contributed by atoms with van der Waals surface area (Å²) in [7, 11) is 0. The minimum Gasteiger partial charge on any atom is -0.493 e. The van der Waals surface area contributed by atoms with Crippen molar-refractivity contribution in [3.8, 4) is 5.75 Å². The van der Waals surface area contributed by atoms with E-state index in [-0.39, 0.29) is 0 Å². The van der Waals surface area contributed by atoms with Crippen molar-refractivity contribution in [1.82, 2.24) is 5.32 Å². The molecule has 3 rings (SSSR count). The van der Waals surface area contributed by atoms with Gasteiger partial charge in [0.1, 0.15) is 5.75 Å². The Kier molecular flexibility index (Phi) is 2.83. The highest BCUT2D eigenvalue weighted by Gasteiger charge is 2.32. The van der Waals surface area contributed by atoms with Crippen molar-refractivity contribution >= 4 is 0 Å². The summed E-state index contributed by atoms with van der Waals surface area (Å²) in [6, 6.07) is 6.48. The second-order valence-electron chi connectivity index (χ2n) is 5.77. The van der Waals surface area contributed by atoms with Gasteiger partial charge in [-0.25, -0.2) is 0 Å². The number of ether oxygens (including phenoxy) is 1. The first kappa shape index (κ1) is 11.1. The molecular weight excluding hydrogens is 210 g/mol. The Morgan fingerprint density at radius 2 is 2.24 bits per heavy atom. The van der Waals surface area contributed by atoms with Crippen molar-refractivity contribution in [2.75, 3.05) is 13.2 Å². The van der Waals surface area contributed by atoms with Crippen molar-refractivity contribution < 1.29 is 4.74 Å². The third-order valence-corrected chi connectivity index (χ3v) is 4.24. The fourth-order valence-corrected chi connectivity index (χ4v) is 2.79. The molecule has 0 radical (unpaired) electrons. The van der Waals surface area contributed by atoms with E-state index in [2.05, 4.69) is 30.4 Å². The average Bonchev–Trinajstić information content (AvgIpc) is 2.34. The molecule has 0 unspecified atom stereocenters. The van der Waals surface area contributed by atoms with Crippen LogP contribution in [0.15, 0.2) is 18.2 Å². The maximum absolute atomic E-state index is 6.07. The van der Waals surface area contributed by atoms with Crippen LogP contribution in [0.4, 0.5) is 0 Å². The van der Waals surface area contributed by atoms with E-state index >= 15 is 0 Å². The lowest BCUT2D eigenvalue weighted by molar-refractivity contribution is 0.0768. The summed E-state index contributed by atoms with van der Waals surface area (Å²) in [5.74, 6) is 1.10. The van der Waals surface area contributed by atoms with Crippen LogP contribution < -0.4 is 10.1 Å². The molecular formula is C15H21NO. The quantitative estimate of drug-likeness (QED) is 0.863. The number of rotatable bonds is 3. The Hall–Kier alpha value is -1.02. The topological polar surface area (TPSA) is 21.3 Å². The Morgan fingerprint density at radius 3 is 3.00 bits per heavy atom. The number of benzene rings is 1. The van der Waals surface area contributed by atoms with Crippen LogP contribution >= 0.6 is 0 Å². The molecule has 1 heterocycles. The maximum atomic E-state index is 6.07. The molecule has 1 aromatic carbocycles. The smallest absolute Gasteiger partial charge is 0.124 e. The zero-order valence-electron chi connectivity index (χ0n) is 10.6. The second kappa shape index (κ2) is 4.34. The van der Waals surface area contributed by atoms with Crippen LogP contribution in [0.1, 0.15) is 37.3 Å². The third-order valence-electron chi connectivity index (χ3n) is 4.24. The van der Waals surface area contributed by atoms with Crippen LogP contribution in [-0.2, 0) is 13.0 Å². The maximum Gasteiger partial charge on any atom is 0.124 e. The lowest BCUT2D eigenvalue weighted by Crippen LogP contribution is -2.33. The summed E-state index contributed by atoms with van der Waals surface area (Å²) in [6.45, 7) is 5.27. The van der Waals surface area contributed by atoms with Crippen molar-refractivity contribution in [1.29, 1.82) is 0 Å². The SMILES string of the molecule is CC1(COc2cccc3c2CNCC3)CCC1. The van der Waals surface area contributed by atoms with Gasteiger partial charge in [0.15, 0.2) is 0 Å². The van der Waals surface area contributed by atoms with Crippen LogP contribution in [0, 0.1) is 5.41 Å². The van der Waals surface area contributed by atoms with Crippen molar-refractivity contribution in [2.24, 2.45) is 5.41 Å². The van der Waals surface area contributed by atoms with Gasteiger partial charge in [-0.2, -0.15) is 0 Å². The second-order valence-corrected chi connectivity index (χ2v) is 5.77. The van der Waals surface area contributed by atoms with Crippen LogP contribution in [-0.4, -0.2) is 13.2 Å². The summed E-state index contributed by atoms with van der Waals surface area (Å²) in [6.07, 6.45) is 5.14. The molecule has 1 aliphatic carbocycles. The molecule has 1 fully saturated rings. The lowest BCUT2D eigenvalue weighted by Gasteiger charge is -2.38. The largest absolute Gasteiger partial charge is 0.493 e. The molecule has 17 heavy (non-hydrogen) atoms. The van der Waals surface area contributed by atoms with Crippen LogP contribution in [0.25, 0.3) is 0 Å². The first-order valence-electron chi connectivity index (χ1n) is 6.71. The molecule has 1 aromatic rings. The van der Waals surface area contributed by atoms with Gasteiger partial charge in [-0.15, -0.1) is 0 Å². The van der Waals surface area contributed by atoms with E-state index < -0.39 is 0 Å². The fraction of sp³-hybridized carbons (Fsp3) is 0.600. The van der Waals surface area contributed by atoms with Crippen LogP contribution in [0.3, 0.4) is 0 Å². The molecule has 0 saturated heterocycles. The minimum absolute atomic E-state index is 0.435. The van der Waals surface area contributed by atoms with Gasteiger partial charge in [0.2, 0.25) is 0 Å².